The van der Waals surface area contributed by atoms with Gasteiger partial charge in [0.15, 0.2) is 0 Å². The van der Waals surface area contributed by atoms with Crippen molar-refractivity contribution in [3.63, 3.8) is 0 Å². The minimum absolute atomic E-state index is 0.0276. The lowest BCUT2D eigenvalue weighted by molar-refractivity contribution is 0.0158. The number of aromatic nitrogens is 1. The third-order valence-electron chi connectivity index (χ3n) is 6.55. The van der Waals surface area contributed by atoms with Crippen molar-refractivity contribution in [2.75, 3.05) is 31.2 Å². The average Bonchev–Trinajstić information content (AvgIpc) is 3.20. The predicted molar refractivity (Wildman–Crippen MR) is 119 cm³/mol. The number of pyridine rings is 1. The van der Waals surface area contributed by atoms with Crippen LogP contribution in [-0.2, 0) is 10.2 Å². The number of amides is 1. The van der Waals surface area contributed by atoms with Gasteiger partial charge in [-0.25, -0.2) is 9.78 Å². The molecule has 1 aliphatic carbocycles. The first-order valence-corrected chi connectivity index (χ1v) is 11.4. The molecule has 0 aromatic carbocycles. The molecule has 0 N–H and O–H groups in total. The predicted octanol–water partition coefficient (Wildman–Crippen LogP) is 5.60. The van der Waals surface area contributed by atoms with E-state index in [1.54, 1.807) is 4.90 Å². The Labute approximate surface area is 184 Å². The van der Waals surface area contributed by atoms with Crippen molar-refractivity contribution in [2.45, 2.75) is 77.4 Å². The highest BCUT2D eigenvalue weighted by molar-refractivity contribution is 6.29. The van der Waals surface area contributed by atoms with Gasteiger partial charge in [0.05, 0.1) is 6.67 Å². The highest BCUT2D eigenvalue weighted by Gasteiger charge is 2.39. The molecule has 1 aliphatic heterocycles. The molecule has 5 nitrogen and oxygen atoms in total. The summed E-state index contributed by atoms with van der Waals surface area (Å²) in [4.78, 5) is 20.9. The van der Waals surface area contributed by atoms with E-state index >= 15 is 0 Å². The summed E-state index contributed by atoms with van der Waals surface area (Å²) in [5.74, 6) is 1.09. The molecule has 1 aromatic heterocycles. The maximum Gasteiger partial charge on any atom is 0.410 e. The van der Waals surface area contributed by atoms with Crippen LogP contribution in [0.25, 0.3) is 0 Å². The number of halogens is 2. The number of hydrogen-bond donors (Lipinski definition) is 0. The number of rotatable bonds is 4. The lowest BCUT2D eigenvalue weighted by Gasteiger charge is -2.41. The molecule has 1 amide bonds. The lowest BCUT2D eigenvalue weighted by atomic mass is 9.72. The highest BCUT2D eigenvalue weighted by Crippen LogP contribution is 2.43. The van der Waals surface area contributed by atoms with E-state index in [1.807, 2.05) is 46.8 Å². The second kappa shape index (κ2) is 8.89. The fourth-order valence-electron chi connectivity index (χ4n) is 4.72. The molecule has 2 atom stereocenters. The zero-order valence-electron chi connectivity index (χ0n) is 18.9. The minimum Gasteiger partial charge on any atom is -0.444 e. The van der Waals surface area contributed by atoms with E-state index in [0.717, 1.165) is 37.1 Å². The van der Waals surface area contributed by atoms with E-state index in [4.69, 9.17) is 16.3 Å². The van der Waals surface area contributed by atoms with Gasteiger partial charge in [-0.2, -0.15) is 0 Å². The Morgan fingerprint density at radius 3 is 2.47 bits per heavy atom. The first-order valence-electron chi connectivity index (χ1n) is 11.0. The van der Waals surface area contributed by atoms with Crippen molar-refractivity contribution in [1.29, 1.82) is 0 Å². The number of nitrogens with zero attached hydrogens (tertiary/aromatic N) is 3. The van der Waals surface area contributed by atoms with Gasteiger partial charge in [0, 0.05) is 31.1 Å². The van der Waals surface area contributed by atoms with Gasteiger partial charge in [-0.05, 0) is 64.2 Å². The van der Waals surface area contributed by atoms with Crippen LogP contribution in [0.4, 0.5) is 15.0 Å². The fraction of sp³-hybridized carbons (Fsp3) is 0.739. The molecule has 1 saturated carbocycles. The normalized spacial score (nSPS) is 22.8. The molecule has 1 aromatic rings. The van der Waals surface area contributed by atoms with Gasteiger partial charge in [-0.15, -0.1) is 0 Å². The van der Waals surface area contributed by atoms with Crippen LogP contribution < -0.4 is 4.90 Å². The van der Waals surface area contributed by atoms with E-state index in [2.05, 4.69) is 9.88 Å². The van der Waals surface area contributed by atoms with E-state index in [-0.39, 0.29) is 12.1 Å². The number of anilines is 1. The number of carbonyl (C=O) groups excluding carboxylic acids is 1. The maximum absolute atomic E-state index is 14.3. The number of alkyl halides is 1. The summed E-state index contributed by atoms with van der Waals surface area (Å²) in [6, 6.07) is 3.79. The van der Waals surface area contributed by atoms with Gasteiger partial charge in [0.1, 0.15) is 16.6 Å². The van der Waals surface area contributed by atoms with E-state index < -0.39 is 17.7 Å². The monoisotopic (exact) mass is 439 g/mol. The maximum atomic E-state index is 14.3. The summed E-state index contributed by atoms with van der Waals surface area (Å²) in [6.07, 6.45) is 4.15. The number of piperazine rings is 1. The molecule has 2 aliphatic rings. The smallest absolute Gasteiger partial charge is 0.410 e. The summed E-state index contributed by atoms with van der Waals surface area (Å²) in [7, 11) is 0. The van der Waals surface area contributed by atoms with Crippen LogP contribution in [0.2, 0.25) is 5.15 Å². The molecular formula is C23H35ClFN3O2. The highest BCUT2D eigenvalue weighted by atomic mass is 35.5. The van der Waals surface area contributed by atoms with Gasteiger partial charge in [0.2, 0.25) is 0 Å². The Morgan fingerprint density at radius 2 is 1.90 bits per heavy atom. The van der Waals surface area contributed by atoms with E-state index in [1.165, 1.54) is 0 Å². The Bertz CT molecular complexity index is 763. The quantitative estimate of drug-likeness (QED) is 0.573. The second-order valence-electron chi connectivity index (χ2n) is 10.0. The van der Waals surface area contributed by atoms with Gasteiger partial charge in [0.25, 0.3) is 0 Å². The topological polar surface area (TPSA) is 45.7 Å². The largest absolute Gasteiger partial charge is 0.444 e. The lowest BCUT2D eigenvalue weighted by Crippen LogP contribution is -2.55. The summed E-state index contributed by atoms with van der Waals surface area (Å²) in [6.45, 7) is 11.0. The zero-order valence-corrected chi connectivity index (χ0v) is 19.6. The molecule has 0 bridgehead atoms. The standard InChI is InChI=1S/C23H35ClFN3O2/c1-16-14-27(10-11-28(16)21(29)30-22(2,3)4)20-13-18(12-19(24)26-20)23(5,15-25)17-8-6-7-9-17/h12-13,16-17H,6-11,14-15H2,1-5H3. The summed E-state index contributed by atoms with van der Waals surface area (Å²) in [5.41, 5.74) is -0.134. The van der Waals surface area contributed by atoms with Crippen LogP contribution in [-0.4, -0.2) is 53.9 Å². The first kappa shape index (κ1) is 23.1. The summed E-state index contributed by atoms with van der Waals surface area (Å²) >= 11 is 6.38. The molecule has 3 rings (SSSR count). The SMILES string of the molecule is CC1CN(c2cc(C(C)(CF)C3CCCC3)cc(Cl)n2)CCN1C(=O)OC(C)(C)C. The Hall–Kier alpha value is -1.56. The molecular weight excluding hydrogens is 405 g/mol. The molecule has 2 unspecified atom stereocenters. The third kappa shape index (κ3) is 5.01. The Balaban J connectivity index is 1.78. The van der Waals surface area contributed by atoms with Crippen molar-refractivity contribution in [3.05, 3.63) is 22.8 Å². The molecule has 0 spiro atoms. The molecule has 168 valence electrons. The van der Waals surface area contributed by atoms with Crippen molar-refractivity contribution < 1.29 is 13.9 Å². The Kier molecular flexibility index (Phi) is 6.85. The molecule has 2 fully saturated rings. The van der Waals surface area contributed by atoms with Crippen molar-refractivity contribution in [2.24, 2.45) is 5.92 Å². The molecule has 30 heavy (non-hydrogen) atoms. The summed E-state index contributed by atoms with van der Waals surface area (Å²) < 4.78 is 19.8. The second-order valence-corrected chi connectivity index (χ2v) is 10.4. The zero-order chi connectivity index (χ0) is 22.1. The van der Waals surface area contributed by atoms with Crippen LogP contribution in [0.3, 0.4) is 0 Å². The van der Waals surface area contributed by atoms with Gasteiger partial charge in [-0.1, -0.05) is 31.4 Å². The number of hydrogen-bond acceptors (Lipinski definition) is 4. The summed E-state index contributed by atoms with van der Waals surface area (Å²) in [5, 5.41) is 0.391. The number of ether oxygens (including phenoxy) is 1. The molecule has 2 heterocycles. The van der Waals surface area contributed by atoms with Crippen molar-refractivity contribution in [3.8, 4) is 0 Å². The van der Waals surface area contributed by atoms with E-state index in [0.29, 0.717) is 30.7 Å². The molecule has 0 radical (unpaired) electrons. The molecule has 1 saturated heterocycles. The van der Waals surface area contributed by atoms with Crippen LogP contribution in [0, 0.1) is 5.92 Å². The van der Waals surface area contributed by atoms with Crippen LogP contribution in [0.5, 0.6) is 0 Å². The first-order chi connectivity index (χ1) is 14.0. The minimum atomic E-state index is -0.540. The number of carbonyl (C=O) groups is 1. The van der Waals surface area contributed by atoms with Crippen LogP contribution in [0.1, 0.15) is 65.9 Å². The average molecular weight is 440 g/mol. The fourth-order valence-corrected chi connectivity index (χ4v) is 4.92. The Morgan fingerprint density at radius 1 is 1.23 bits per heavy atom. The van der Waals surface area contributed by atoms with E-state index in [9.17, 15) is 9.18 Å². The van der Waals surface area contributed by atoms with Crippen LogP contribution in [0.15, 0.2) is 12.1 Å². The molecule has 7 heteroatoms. The van der Waals surface area contributed by atoms with Crippen molar-refractivity contribution >= 4 is 23.5 Å². The third-order valence-corrected chi connectivity index (χ3v) is 6.75. The van der Waals surface area contributed by atoms with Gasteiger partial charge < -0.3 is 14.5 Å². The van der Waals surface area contributed by atoms with Crippen molar-refractivity contribution in [1.82, 2.24) is 9.88 Å². The van der Waals surface area contributed by atoms with Gasteiger partial charge in [-0.3, -0.25) is 4.39 Å². The van der Waals surface area contributed by atoms with Gasteiger partial charge >= 0.3 is 6.09 Å². The van der Waals surface area contributed by atoms with Crippen LogP contribution >= 0.6 is 11.6 Å².